The van der Waals surface area contributed by atoms with Crippen molar-refractivity contribution in [3.63, 3.8) is 0 Å². The van der Waals surface area contributed by atoms with Gasteiger partial charge in [-0.3, -0.25) is 0 Å². The van der Waals surface area contributed by atoms with Gasteiger partial charge in [0.1, 0.15) is 0 Å². The Morgan fingerprint density at radius 1 is 0.538 bits per heavy atom. The number of hydrogen-bond donors (Lipinski definition) is 0. The van der Waals surface area contributed by atoms with Crippen LogP contribution in [0, 0.1) is 0 Å². The molecule has 0 fully saturated rings. The van der Waals surface area contributed by atoms with Crippen molar-refractivity contribution in [2.45, 2.75) is 0 Å². The molecule has 0 aromatic rings. The molecule has 0 spiro atoms. The molecule has 0 heterocycles. The standard InChI is InChI=1S/Al.Ga.2O4Si.Zn/c;;2*1-5(2,3)4;/q2*+3;2*-4;+2. The van der Waals surface area contributed by atoms with E-state index in [9.17, 15) is 0 Å². The molecule has 0 atom stereocenters. The zero-order valence-electron chi connectivity index (χ0n) is 6.13. The van der Waals surface area contributed by atoms with Crippen LogP contribution in [0.1, 0.15) is 0 Å². The van der Waals surface area contributed by atoms with E-state index in [4.69, 9.17) is 38.4 Å². The normalized spacial score (nSPS) is 9.23. The molecule has 8 nitrogen and oxygen atoms in total. The molecule has 0 bridgehead atoms. The van der Waals surface area contributed by atoms with E-state index >= 15 is 0 Å². The Balaban J connectivity index is -0.0000000267. The molecule has 0 aromatic heterocycles. The summed E-state index contributed by atoms with van der Waals surface area (Å²) in [6, 6.07) is 0. The van der Waals surface area contributed by atoms with Crippen LogP contribution in [-0.4, -0.2) is 55.2 Å². The summed E-state index contributed by atoms with van der Waals surface area (Å²) < 4.78 is 0. The number of hydrogen-bond acceptors (Lipinski definition) is 8. The Bertz CT molecular complexity index is 65.1. The smallest absolute Gasteiger partial charge is 0.894 e. The van der Waals surface area contributed by atoms with Crippen molar-refractivity contribution in [1.82, 2.24) is 0 Å². The van der Waals surface area contributed by atoms with Crippen molar-refractivity contribution in [2.24, 2.45) is 0 Å². The molecule has 13 heteroatoms. The summed E-state index contributed by atoms with van der Waals surface area (Å²) in [5.74, 6) is 0. The largest absolute Gasteiger partial charge is 3.00 e. The molecule has 0 radical (unpaired) electrons. The fourth-order valence-electron chi connectivity index (χ4n) is 0. The molecule has 0 aromatic carbocycles. The summed E-state index contributed by atoms with van der Waals surface area (Å²) in [6.45, 7) is 0. The topological polar surface area (TPSA) is 184 Å². The molecular weight excluding hydrogens is 346 g/mol. The fourth-order valence-corrected chi connectivity index (χ4v) is 0. The third-order valence-electron chi connectivity index (χ3n) is 0. The predicted octanol–water partition coefficient (Wildman–Crippen LogP) is -11.0. The minimum Gasteiger partial charge on any atom is -0.894 e. The second-order valence-electron chi connectivity index (χ2n) is 1.00. The summed E-state index contributed by atoms with van der Waals surface area (Å²) in [5.41, 5.74) is 0. The van der Waals surface area contributed by atoms with E-state index in [1.165, 1.54) is 0 Å². The van der Waals surface area contributed by atoms with E-state index in [-0.39, 0.29) is 56.6 Å². The molecule has 0 amide bonds. The van der Waals surface area contributed by atoms with Gasteiger partial charge >= 0.3 is 56.6 Å². The summed E-state index contributed by atoms with van der Waals surface area (Å²) in [6.07, 6.45) is 0. The van der Waals surface area contributed by atoms with E-state index < -0.39 is 18.1 Å². The Morgan fingerprint density at radius 3 is 0.538 bits per heavy atom. The van der Waals surface area contributed by atoms with Gasteiger partial charge in [-0.05, 0) is 0 Å². The van der Waals surface area contributed by atoms with Crippen LogP contribution >= 0.6 is 0 Å². The van der Waals surface area contributed by atoms with Crippen molar-refractivity contribution >= 4 is 55.2 Å². The third kappa shape index (κ3) is 543. The predicted molar refractivity (Wildman–Crippen MR) is 23.0 cm³/mol. The van der Waals surface area contributed by atoms with Crippen LogP contribution in [-0.2, 0) is 19.5 Å². The van der Waals surface area contributed by atoms with Gasteiger partial charge in [0.2, 0.25) is 0 Å². The van der Waals surface area contributed by atoms with E-state index in [1.54, 1.807) is 0 Å². The minimum absolute atomic E-state index is 0. The number of rotatable bonds is 0. The van der Waals surface area contributed by atoms with Gasteiger partial charge in [-0.25, -0.2) is 0 Å². The second kappa shape index (κ2) is 12.0. The first-order chi connectivity index (χ1) is 4.00. The SMILES string of the molecule is [Al+3].[Ga+3].[O-][Si]([O-])([O-])[O-].[O-][Si]([O-])([O-])[O-].[Zn+2]. The molecular formula is AlGaO8Si2Zn. The van der Waals surface area contributed by atoms with Crippen molar-refractivity contribution in [2.75, 3.05) is 0 Å². The van der Waals surface area contributed by atoms with Crippen molar-refractivity contribution in [1.29, 1.82) is 0 Å². The first-order valence-electron chi connectivity index (χ1n) is 1.63. The van der Waals surface area contributed by atoms with Crippen LogP contribution in [0.4, 0.5) is 0 Å². The fraction of sp³-hybridized carbons (Fsp3) is 0. The molecule has 13 heavy (non-hydrogen) atoms. The van der Waals surface area contributed by atoms with Crippen LogP contribution in [0.2, 0.25) is 0 Å². The van der Waals surface area contributed by atoms with Gasteiger partial charge in [-0.2, -0.15) is 0 Å². The Morgan fingerprint density at radius 2 is 0.538 bits per heavy atom. The molecule has 0 aliphatic heterocycles. The van der Waals surface area contributed by atoms with Crippen molar-refractivity contribution in [3.05, 3.63) is 0 Å². The van der Waals surface area contributed by atoms with Crippen LogP contribution in [0.5, 0.6) is 0 Å². The zero-order valence-corrected chi connectivity index (χ0v) is 14.7. The van der Waals surface area contributed by atoms with E-state index in [1.807, 2.05) is 0 Å². The first kappa shape index (κ1) is 29.4. The molecule has 0 aliphatic carbocycles. The Labute approximate surface area is 112 Å². The third-order valence-corrected chi connectivity index (χ3v) is 0. The van der Waals surface area contributed by atoms with E-state index in [0.717, 1.165) is 0 Å². The van der Waals surface area contributed by atoms with E-state index in [2.05, 4.69) is 0 Å². The first-order valence-corrected chi connectivity index (χ1v) is 4.90. The molecule has 0 unspecified atom stereocenters. The average molecular weight is 346 g/mol. The average Bonchev–Trinajstić information content (AvgIpc) is 1.12. The van der Waals surface area contributed by atoms with Crippen LogP contribution in [0.15, 0.2) is 0 Å². The minimum atomic E-state index is -5.61. The van der Waals surface area contributed by atoms with Gasteiger partial charge in [0.25, 0.3) is 0 Å². The molecule has 64 valence electrons. The van der Waals surface area contributed by atoms with Crippen molar-refractivity contribution in [3.8, 4) is 0 Å². The Kier molecular flexibility index (Phi) is 27.1. The maximum Gasteiger partial charge on any atom is 3.00 e. The van der Waals surface area contributed by atoms with Gasteiger partial charge in [0.05, 0.1) is 0 Å². The van der Waals surface area contributed by atoms with Gasteiger partial charge < -0.3 is 56.5 Å². The molecule has 0 N–H and O–H groups in total. The quantitative estimate of drug-likeness (QED) is 0.387. The second-order valence-corrected chi connectivity index (χ2v) is 3.00. The summed E-state index contributed by atoms with van der Waals surface area (Å²) in [5, 5.41) is 0. The van der Waals surface area contributed by atoms with Crippen LogP contribution in [0.3, 0.4) is 0 Å². The maximum atomic E-state index is 8.58. The van der Waals surface area contributed by atoms with Gasteiger partial charge in [0, 0.05) is 0 Å². The monoisotopic (exact) mass is 344 g/mol. The molecule has 0 saturated carbocycles. The molecule has 0 saturated heterocycles. The van der Waals surface area contributed by atoms with Gasteiger partial charge in [-0.15, -0.1) is 0 Å². The van der Waals surface area contributed by atoms with E-state index in [0.29, 0.717) is 0 Å². The molecule has 0 aliphatic rings. The van der Waals surface area contributed by atoms with Gasteiger partial charge in [0.15, 0.2) is 0 Å². The summed E-state index contributed by atoms with van der Waals surface area (Å²) in [4.78, 5) is 68.6. The van der Waals surface area contributed by atoms with Crippen LogP contribution in [0.25, 0.3) is 0 Å². The van der Waals surface area contributed by atoms with Crippen LogP contribution < -0.4 is 38.4 Å². The maximum absolute atomic E-state index is 8.58. The summed E-state index contributed by atoms with van der Waals surface area (Å²) >= 11 is 0. The summed E-state index contributed by atoms with van der Waals surface area (Å²) in [7, 11) is -11.2. The van der Waals surface area contributed by atoms with Crippen molar-refractivity contribution < 1.29 is 57.8 Å². The molecule has 0 rings (SSSR count). The zero-order chi connectivity index (χ0) is 9.00. The van der Waals surface area contributed by atoms with Gasteiger partial charge in [-0.1, -0.05) is 0 Å². The Hall–Kier alpha value is 1.91.